The summed E-state index contributed by atoms with van der Waals surface area (Å²) < 4.78 is 6.87. The first-order valence-corrected chi connectivity index (χ1v) is 7.52. The van der Waals surface area contributed by atoms with Crippen LogP contribution in [0.15, 0.2) is 24.3 Å². The smallest absolute Gasteiger partial charge is 0.0954 e. The van der Waals surface area contributed by atoms with Gasteiger partial charge in [0.2, 0.25) is 0 Å². The quantitative estimate of drug-likeness (QED) is 0.663. The summed E-state index contributed by atoms with van der Waals surface area (Å²) in [6, 6.07) is 8.48. The SMILES string of the molecule is CC1OCCC1C(Cc1nc2ccccc2s1)NN. The summed E-state index contributed by atoms with van der Waals surface area (Å²) in [4.78, 5) is 4.68. The van der Waals surface area contributed by atoms with Crippen LogP contribution in [0.25, 0.3) is 10.2 Å². The van der Waals surface area contributed by atoms with Crippen molar-refractivity contribution < 1.29 is 4.74 Å². The van der Waals surface area contributed by atoms with E-state index in [9.17, 15) is 0 Å². The van der Waals surface area contributed by atoms with Crippen molar-refractivity contribution in [2.75, 3.05) is 6.61 Å². The largest absolute Gasteiger partial charge is 0.378 e. The second-order valence-electron chi connectivity index (χ2n) is 5.08. The number of nitrogens with two attached hydrogens (primary N) is 1. The number of rotatable bonds is 4. The average Bonchev–Trinajstić information content (AvgIpc) is 3.01. The molecule has 102 valence electrons. The molecular formula is C14H19N3OS. The lowest BCUT2D eigenvalue weighted by Crippen LogP contribution is -2.44. The van der Waals surface area contributed by atoms with Gasteiger partial charge in [-0.1, -0.05) is 12.1 Å². The first-order chi connectivity index (χ1) is 9.28. The van der Waals surface area contributed by atoms with Crippen LogP contribution < -0.4 is 11.3 Å². The number of nitrogens with zero attached hydrogens (tertiary/aromatic N) is 1. The van der Waals surface area contributed by atoms with Gasteiger partial charge < -0.3 is 4.74 Å². The highest BCUT2D eigenvalue weighted by Gasteiger charge is 2.31. The minimum Gasteiger partial charge on any atom is -0.378 e. The summed E-state index contributed by atoms with van der Waals surface area (Å²) in [6.07, 6.45) is 2.21. The number of nitrogens with one attached hydrogen (secondary N) is 1. The van der Waals surface area contributed by atoms with Crippen molar-refractivity contribution in [3.05, 3.63) is 29.3 Å². The predicted octanol–water partition coefficient (Wildman–Crippen LogP) is 2.10. The van der Waals surface area contributed by atoms with Crippen LogP contribution in [0.3, 0.4) is 0 Å². The third-order valence-electron chi connectivity index (χ3n) is 3.90. The Morgan fingerprint density at radius 1 is 1.53 bits per heavy atom. The monoisotopic (exact) mass is 277 g/mol. The Bertz CT molecular complexity index is 523. The number of benzene rings is 1. The van der Waals surface area contributed by atoms with Gasteiger partial charge in [0.05, 0.1) is 21.3 Å². The number of fused-ring (bicyclic) bond motifs is 1. The van der Waals surface area contributed by atoms with E-state index in [2.05, 4.69) is 35.5 Å². The standard InChI is InChI=1S/C14H19N3OS/c1-9-10(6-7-18-9)12(17-15)8-14-16-11-4-2-3-5-13(11)19-14/h2-5,9-10,12,17H,6-8,15H2,1H3. The van der Waals surface area contributed by atoms with Crippen molar-refractivity contribution in [1.29, 1.82) is 0 Å². The van der Waals surface area contributed by atoms with E-state index in [1.807, 2.05) is 6.07 Å². The Morgan fingerprint density at radius 3 is 3.05 bits per heavy atom. The van der Waals surface area contributed by atoms with Crippen LogP contribution in [0.4, 0.5) is 0 Å². The lowest BCUT2D eigenvalue weighted by Gasteiger charge is -2.24. The van der Waals surface area contributed by atoms with Crippen molar-refractivity contribution in [3.8, 4) is 0 Å². The predicted molar refractivity (Wildman–Crippen MR) is 78.0 cm³/mol. The van der Waals surface area contributed by atoms with Crippen LogP contribution in [0.5, 0.6) is 0 Å². The molecule has 1 aliphatic heterocycles. The molecule has 1 aromatic heterocycles. The van der Waals surface area contributed by atoms with E-state index in [-0.39, 0.29) is 12.1 Å². The highest BCUT2D eigenvalue weighted by atomic mass is 32.1. The molecule has 0 amide bonds. The zero-order valence-electron chi connectivity index (χ0n) is 11.0. The van der Waals surface area contributed by atoms with Crippen LogP contribution in [0.2, 0.25) is 0 Å². The summed E-state index contributed by atoms with van der Waals surface area (Å²) in [5.41, 5.74) is 4.03. The first-order valence-electron chi connectivity index (χ1n) is 6.70. The summed E-state index contributed by atoms with van der Waals surface area (Å²) in [6.45, 7) is 2.96. The fourth-order valence-electron chi connectivity index (χ4n) is 2.81. The van der Waals surface area contributed by atoms with Crippen LogP contribution in [-0.4, -0.2) is 23.7 Å². The molecule has 0 radical (unpaired) electrons. The summed E-state index contributed by atoms with van der Waals surface area (Å²) in [5, 5.41) is 1.14. The molecule has 19 heavy (non-hydrogen) atoms. The Balaban J connectivity index is 1.78. The van der Waals surface area contributed by atoms with Gasteiger partial charge in [-0.15, -0.1) is 11.3 Å². The topological polar surface area (TPSA) is 60.2 Å². The van der Waals surface area contributed by atoms with Crippen LogP contribution in [0, 0.1) is 5.92 Å². The Kier molecular flexibility index (Phi) is 3.79. The van der Waals surface area contributed by atoms with E-state index in [4.69, 9.17) is 10.6 Å². The molecule has 3 unspecified atom stereocenters. The van der Waals surface area contributed by atoms with Crippen molar-refractivity contribution in [2.45, 2.75) is 31.9 Å². The van der Waals surface area contributed by atoms with E-state index >= 15 is 0 Å². The molecule has 0 saturated carbocycles. The minimum absolute atomic E-state index is 0.234. The van der Waals surface area contributed by atoms with Gasteiger partial charge >= 0.3 is 0 Å². The normalized spacial score (nSPS) is 24.9. The molecule has 1 fully saturated rings. The van der Waals surface area contributed by atoms with Crippen molar-refractivity contribution in [2.24, 2.45) is 11.8 Å². The molecule has 3 atom stereocenters. The zero-order chi connectivity index (χ0) is 13.2. The molecule has 3 N–H and O–H groups in total. The van der Waals surface area contributed by atoms with E-state index in [0.717, 1.165) is 30.0 Å². The third kappa shape index (κ3) is 2.65. The number of para-hydroxylation sites is 1. The molecule has 1 aromatic carbocycles. The lowest BCUT2D eigenvalue weighted by atomic mass is 9.92. The average molecular weight is 277 g/mol. The zero-order valence-corrected chi connectivity index (χ0v) is 11.8. The second kappa shape index (κ2) is 5.54. The van der Waals surface area contributed by atoms with Gasteiger partial charge in [0.25, 0.3) is 0 Å². The Labute approximate surface area is 116 Å². The Hall–Kier alpha value is -1.01. The molecule has 2 heterocycles. The van der Waals surface area contributed by atoms with Crippen molar-refractivity contribution in [1.82, 2.24) is 10.4 Å². The van der Waals surface area contributed by atoms with Crippen molar-refractivity contribution in [3.63, 3.8) is 0 Å². The number of aromatic nitrogens is 1. The molecular weight excluding hydrogens is 258 g/mol. The Morgan fingerprint density at radius 2 is 2.37 bits per heavy atom. The minimum atomic E-state index is 0.234. The summed E-state index contributed by atoms with van der Waals surface area (Å²) in [7, 11) is 0. The second-order valence-corrected chi connectivity index (χ2v) is 6.20. The fourth-order valence-corrected chi connectivity index (χ4v) is 3.83. The maximum Gasteiger partial charge on any atom is 0.0954 e. The molecule has 2 aromatic rings. The van der Waals surface area contributed by atoms with Gasteiger partial charge in [-0.25, -0.2) is 4.98 Å². The number of hydrogen-bond donors (Lipinski definition) is 2. The summed E-state index contributed by atoms with van der Waals surface area (Å²) in [5.74, 6) is 6.20. The lowest BCUT2D eigenvalue weighted by molar-refractivity contribution is 0.0954. The fraction of sp³-hybridized carbons (Fsp3) is 0.500. The van der Waals surface area contributed by atoms with Gasteiger partial charge in [-0.2, -0.15) is 0 Å². The maximum atomic E-state index is 5.73. The molecule has 3 rings (SSSR count). The summed E-state index contributed by atoms with van der Waals surface area (Å²) >= 11 is 1.75. The van der Waals surface area contributed by atoms with Crippen LogP contribution >= 0.6 is 11.3 Å². The van der Waals surface area contributed by atoms with E-state index in [1.165, 1.54) is 4.70 Å². The number of thiazole rings is 1. The van der Waals surface area contributed by atoms with Gasteiger partial charge in [0.1, 0.15) is 0 Å². The van der Waals surface area contributed by atoms with Crippen molar-refractivity contribution >= 4 is 21.6 Å². The molecule has 0 aliphatic carbocycles. The van der Waals surface area contributed by atoms with Gasteiger partial charge in [-0.05, 0) is 25.5 Å². The third-order valence-corrected chi connectivity index (χ3v) is 4.96. The van der Waals surface area contributed by atoms with E-state index in [0.29, 0.717) is 5.92 Å². The van der Waals surface area contributed by atoms with Gasteiger partial charge in [0.15, 0.2) is 0 Å². The van der Waals surface area contributed by atoms with Gasteiger partial charge in [-0.3, -0.25) is 11.3 Å². The number of ether oxygens (including phenoxy) is 1. The molecule has 0 bridgehead atoms. The number of hydrogen-bond acceptors (Lipinski definition) is 5. The molecule has 1 saturated heterocycles. The molecule has 0 spiro atoms. The van der Waals surface area contributed by atoms with E-state index in [1.54, 1.807) is 11.3 Å². The van der Waals surface area contributed by atoms with E-state index < -0.39 is 0 Å². The maximum absolute atomic E-state index is 5.73. The highest BCUT2D eigenvalue weighted by molar-refractivity contribution is 7.18. The molecule has 1 aliphatic rings. The van der Waals surface area contributed by atoms with Crippen LogP contribution in [-0.2, 0) is 11.2 Å². The highest BCUT2D eigenvalue weighted by Crippen LogP contribution is 2.28. The van der Waals surface area contributed by atoms with Gasteiger partial charge in [0, 0.05) is 25.0 Å². The molecule has 4 nitrogen and oxygen atoms in total. The first kappa shape index (κ1) is 13.0. The number of hydrazine groups is 1. The molecule has 5 heteroatoms. The van der Waals surface area contributed by atoms with Crippen LogP contribution in [0.1, 0.15) is 18.4 Å².